The molecule has 0 aliphatic carbocycles. The lowest BCUT2D eigenvalue weighted by Crippen LogP contribution is -2.23. The van der Waals surface area contributed by atoms with Crippen LogP contribution in [0.2, 0.25) is 0 Å². The summed E-state index contributed by atoms with van der Waals surface area (Å²) < 4.78 is 12.9. The molecule has 0 radical (unpaired) electrons. The van der Waals surface area contributed by atoms with Gasteiger partial charge in [0.1, 0.15) is 5.82 Å². The van der Waals surface area contributed by atoms with Crippen LogP contribution in [-0.4, -0.2) is 12.6 Å². The lowest BCUT2D eigenvalue weighted by Gasteiger charge is -2.08. The fraction of sp³-hybridized carbons (Fsp3) is 0.571. The van der Waals surface area contributed by atoms with Gasteiger partial charge in [0.05, 0.1) is 0 Å². The highest BCUT2D eigenvalue weighted by Crippen LogP contribution is 2.12. The summed E-state index contributed by atoms with van der Waals surface area (Å²) in [6, 6.07) is 5.63. The molecular weight excluding hydrogens is 201 g/mol. The van der Waals surface area contributed by atoms with E-state index < -0.39 is 0 Å². The van der Waals surface area contributed by atoms with Crippen LogP contribution in [0, 0.1) is 12.7 Å². The van der Waals surface area contributed by atoms with Crippen molar-refractivity contribution in [2.75, 3.05) is 6.54 Å². The van der Waals surface area contributed by atoms with Crippen LogP contribution in [0.1, 0.15) is 37.8 Å². The zero-order valence-electron chi connectivity index (χ0n) is 10.5. The maximum atomic E-state index is 12.9. The predicted molar refractivity (Wildman–Crippen MR) is 67.2 cm³/mol. The molecule has 0 saturated heterocycles. The van der Waals surface area contributed by atoms with Gasteiger partial charge < -0.3 is 5.32 Å². The molecule has 1 N–H and O–H groups in total. The van der Waals surface area contributed by atoms with Crippen LogP contribution in [0.5, 0.6) is 0 Å². The van der Waals surface area contributed by atoms with E-state index in [0.717, 1.165) is 24.9 Å². The van der Waals surface area contributed by atoms with Crippen molar-refractivity contribution in [3.05, 3.63) is 35.1 Å². The summed E-state index contributed by atoms with van der Waals surface area (Å²) in [5, 5.41) is 3.40. The summed E-state index contributed by atoms with van der Waals surface area (Å²) >= 11 is 0. The van der Waals surface area contributed by atoms with Gasteiger partial charge in [0.2, 0.25) is 0 Å². The Hall–Kier alpha value is -0.890. The molecule has 0 aromatic heterocycles. The second-order valence-corrected chi connectivity index (χ2v) is 4.64. The summed E-state index contributed by atoms with van der Waals surface area (Å²) in [7, 11) is 0. The minimum absolute atomic E-state index is 0.136. The zero-order valence-corrected chi connectivity index (χ0v) is 10.5. The number of hydrogen-bond acceptors (Lipinski definition) is 1. The van der Waals surface area contributed by atoms with E-state index in [1.54, 1.807) is 12.1 Å². The molecule has 0 fully saturated rings. The summed E-state index contributed by atoms with van der Waals surface area (Å²) in [6.07, 6.45) is 3.38. The predicted octanol–water partition coefficient (Wildman–Crippen LogP) is 3.45. The van der Waals surface area contributed by atoms with Gasteiger partial charge in [-0.05, 0) is 56.0 Å². The Kier molecular flexibility index (Phi) is 5.47. The summed E-state index contributed by atoms with van der Waals surface area (Å²) in [5.41, 5.74) is 2.34. The molecule has 0 amide bonds. The molecular formula is C14H22FN. The Morgan fingerprint density at radius 1 is 1.25 bits per heavy atom. The normalized spacial score (nSPS) is 11.1. The van der Waals surface area contributed by atoms with Crippen molar-refractivity contribution in [1.29, 1.82) is 0 Å². The van der Waals surface area contributed by atoms with E-state index in [4.69, 9.17) is 0 Å². The molecule has 0 aliphatic rings. The minimum Gasteiger partial charge on any atom is -0.315 e. The first-order valence-corrected chi connectivity index (χ1v) is 6.08. The van der Waals surface area contributed by atoms with Gasteiger partial charge in [-0.2, -0.15) is 0 Å². The summed E-state index contributed by atoms with van der Waals surface area (Å²) in [4.78, 5) is 0. The van der Waals surface area contributed by atoms with Crippen LogP contribution in [0.4, 0.5) is 4.39 Å². The Bertz CT molecular complexity index is 321. The Morgan fingerprint density at radius 3 is 2.62 bits per heavy atom. The molecule has 0 unspecified atom stereocenters. The van der Waals surface area contributed by atoms with E-state index in [1.807, 2.05) is 13.0 Å². The maximum Gasteiger partial charge on any atom is 0.123 e. The highest BCUT2D eigenvalue weighted by atomic mass is 19.1. The first-order valence-electron chi connectivity index (χ1n) is 6.08. The summed E-state index contributed by atoms with van der Waals surface area (Å²) in [6.45, 7) is 7.36. The molecule has 90 valence electrons. The number of aryl methyl sites for hydroxylation is 2. The van der Waals surface area contributed by atoms with Gasteiger partial charge in [-0.1, -0.05) is 19.9 Å². The van der Waals surface area contributed by atoms with E-state index in [1.165, 1.54) is 12.0 Å². The van der Waals surface area contributed by atoms with Crippen LogP contribution in [0.25, 0.3) is 0 Å². The maximum absolute atomic E-state index is 12.9. The number of nitrogens with one attached hydrogen (secondary N) is 1. The molecule has 1 aromatic rings. The fourth-order valence-electron chi connectivity index (χ4n) is 1.77. The van der Waals surface area contributed by atoms with Crippen molar-refractivity contribution < 1.29 is 4.39 Å². The van der Waals surface area contributed by atoms with E-state index in [2.05, 4.69) is 19.2 Å². The van der Waals surface area contributed by atoms with Crippen LogP contribution in [0.3, 0.4) is 0 Å². The first-order chi connectivity index (χ1) is 7.59. The molecule has 16 heavy (non-hydrogen) atoms. The highest BCUT2D eigenvalue weighted by molar-refractivity contribution is 5.26. The number of halogens is 1. The molecule has 0 bridgehead atoms. The molecule has 1 aromatic carbocycles. The topological polar surface area (TPSA) is 12.0 Å². The monoisotopic (exact) mass is 223 g/mol. The van der Waals surface area contributed by atoms with Gasteiger partial charge in [-0.15, -0.1) is 0 Å². The van der Waals surface area contributed by atoms with Gasteiger partial charge in [0.25, 0.3) is 0 Å². The van der Waals surface area contributed by atoms with Crippen LogP contribution < -0.4 is 5.32 Å². The first kappa shape index (κ1) is 13.2. The number of benzene rings is 1. The molecule has 0 saturated carbocycles. The Labute approximate surface area is 98.1 Å². The highest BCUT2D eigenvalue weighted by Gasteiger charge is 2.00. The van der Waals surface area contributed by atoms with E-state index in [0.29, 0.717) is 6.04 Å². The van der Waals surface area contributed by atoms with Gasteiger partial charge in [-0.25, -0.2) is 4.39 Å². The van der Waals surface area contributed by atoms with Crippen molar-refractivity contribution in [3.8, 4) is 0 Å². The van der Waals surface area contributed by atoms with E-state index in [-0.39, 0.29) is 5.82 Å². The third-order valence-corrected chi connectivity index (χ3v) is 2.73. The average Bonchev–Trinajstić information content (AvgIpc) is 2.20. The number of rotatable bonds is 6. The van der Waals surface area contributed by atoms with Gasteiger partial charge in [0.15, 0.2) is 0 Å². The molecule has 1 nitrogen and oxygen atoms in total. The van der Waals surface area contributed by atoms with Gasteiger partial charge in [-0.3, -0.25) is 0 Å². The van der Waals surface area contributed by atoms with Gasteiger partial charge in [0, 0.05) is 6.04 Å². The van der Waals surface area contributed by atoms with Gasteiger partial charge >= 0.3 is 0 Å². The Balaban J connectivity index is 2.27. The third kappa shape index (κ3) is 4.75. The standard InChI is InChI=1S/C14H22FN/c1-11(2)16-9-5-4-6-13-7-8-14(15)10-12(13)3/h7-8,10-11,16H,4-6,9H2,1-3H3. The van der Waals surface area contributed by atoms with E-state index >= 15 is 0 Å². The SMILES string of the molecule is Cc1cc(F)ccc1CCCCNC(C)C. The van der Waals surface area contributed by atoms with Crippen molar-refractivity contribution in [2.45, 2.75) is 46.1 Å². The second kappa shape index (κ2) is 6.64. The smallest absolute Gasteiger partial charge is 0.123 e. The van der Waals surface area contributed by atoms with Crippen LogP contribution in [-0.2, 0) is 6.42 Å². The van der Waals surface area contributed by atoms with Crippen molar-refractivity contribution in [2.24, 2.45) is 0 Å². The van der Waals surface area contributed by atoms with Crippen LogP contribution >= 0.6 is 0 Å². The Morgan fingerprint density at radius 2 is 2.00 bits per heavy atom. The molecule has 0 aliphatic heterocycles. The molecule has 2 heteroatoms. The lowest BCUT2D eigenvalue weighted by molar-refractivity contribution is 0.557. The second-order valence-electron chi connectivity index (χ2n) is 4.64. The summed E-state index contributed by atoms with van der Waals surface area (Å²) in [5.74, 6) is -0.136. The van der Waals surface area contributed by atoms with Crippen molar-refractivity contribution >= 4 is 0 Å². The van der Waals surface area contributed by atoms with E-state index in [9.17, 15) is 4.39 Å². The molecule has 0 atom stereocenters. The molecule has 1 rings (SSSR count). The number of unbranched alkanes of at least 4 members (excludes halogenated alkanes) is 1. The van der Waals surface area contributed by atoms with Crippen molar-refractivity contribution in [1.82, 2.24) is 5.32 Å². The van der Waals surface area contributed by atoms with Crippen LogP contribution in [0.15, 0.2) is 18.2 Å². The number of hydrogen-bond donors (Lipinski definition) is 1. The molecule has 0 spiro atoms. The largest absolute Gasteiger partial charge is 0.315 e. The fourth-order valence-corrected chi connectivity index (χ4v) is 1.77. The van der Waals surface area contributed by atoms with Crippen molar-refractivity contribution in [3.63, 3.8) is 0 Å². The lowest BCUT2D eigenvalue weighted by atomic mass is 10.0. The third-order valence-electron chi connectivity index (χ3n) is 2.73. The molecule has 0 heterocycles. The minimum atomic E-state index is -0.136. The average molecular weight is 223 g/mol. The quantitative estimate of drug-likeness (QED) is 0.728. The zero-order chi connectivity index (χ0) is 12.0.